The number of fused-ring (bicyclic) bond motifs is 2. The van der Waals surface area contributed by atoms with Gasteiger partial charge in [0.1, 0.15) is 5.69 Å². The Morgan fingerprint density at radius 3 is 3.04 bits per heavy atom. The van der Waals surface area contributed by atoms with Crippen LogP contribution in [0.25, 0.3) is 11.0 Å². The maximum atomic E-state index is 6.22. The van der Waals surface area contributed by atoms with E-state index in [1.165, 1.54) is 0 Å². The van der Waals surface area contributed by atoms with Gasteiger partial charge in [-0.3, -0.25) is 4.68 Å². The van der Waals surface area contributed by atoms with E-state index < -0.39 is 0 Å². The molecule has 2 aliphatic heterocycles. The zero-order valence-corrected chi connectivity index (χ0v) is 16.6. The Bertz CT molecular complexity index is 1030. The van der Waals surface area contributed by atoms with Crippen LogP contribution in [0.5, 0.6) is 5.88 Å². The molecule has 0 aromatic carbocycles. The Hall–Kier alpha value is -2.39. The maximum Gasteiger partial charge on any atom is 0.257 e. The SMILES string of the molecule is Cc1c2c(nn1C1CCOCC1C)OCCCn1nc(Cl)c3cnc(nc31)N2. The number of nitrogens with one attached hydrogen (secondary N) is 1. The highest BCUT2D eigenvalue weighted by atomic mass is 35.5. The van der Waals surface area contributed by atoms with E-state index in [4.69, 9.17) is 26.2 Å². The lowest BCUT2D eigenvalue weighted by atomic mass is 9.98. The van der Waals surface area contributed by atoms with Crippen LogP contribution in [0, 0.1) is 12.8 Å². The van der Waals surface area contributed by atoms with Crippen molar-refractivity contribution in [2.75, 3.05) is 25.1 Å². The van der Waals surface area contributed by atoms with Crippen LogP contribution >= 0.6 is 11.6 Å². The fourth-order valence-corrected chi connectivity index (χ4v) is 4.15. The van der Waals surface area contributed by atoms with Crippen molar-refractivity contribution in [3.63, 3.8) is 0 Å². The van der Waals surface area contributed by atoms with Gasteiger partial charge in [0.15, 0.2) is 10.8 Å². The fraction of sp³-hybridized carbons (Fsp3) is 0.556. The Kier molecular flexibility index (Phi) is 4.36. The molecule has 2 bridgehead atoms. The maximum absolute atomic E-state index is 6.22. The Balaban J connectivity index is 1.58. The van der Waals surface area contributed by atoms with Crippen LogP contribution in [0.2, 0.25) is 5.15 Å². The molecule has 1 N–H and O–H groups in total. The summed E-state index contributed by atoms with van der Waals surface area (Å²) < 4.78 is 15.5. The van der Waals surface area contributed by atoms with E-state index in [-0.39, 0.29) is 6.04 Å². The minimum Gasteiger partial charge on any atom is -0.475 e. The summed E-state index contributed by atoms with van der Waals surface area (Å²) >= 11 is 6.22. The van der Waals surface area contributed by atoms with Crippen LogP contribution in [0.15, 0.2) is 6.20 Å². The first-order chi connectivity index (χ1) is 13.6. The van der Waals surface area contributed by atoms with Gasteiger partial charge in [0.05, 0.1) is 30.3 Å². The van der Waals surface area contributed by atoms with Gasteiger partial charge in [-0.2, -0.15) is 10.1 Å². The largest absolute Gasteiger partial charge is 0.475 e. The van der Waals surface area contributed by atoms with Crippen LogP contribution in [0.3, 0.4) is 0 Å². The Morgan fingerprint density at radius 2 is 2.18 bits per heavy atom. The molecule has 10 heteroatoms. The summed E-state index contributed by atoms with van der Waals surface area (Å²) in [6.45, 7) is 6.91. The number of hydrogen-bond acceptors (Lipinski definition) is 7. The summed E-state index contributed by atoms with van der Waals surface area (Å²) in [5.41, 5.74) is 2.52. The quantitative estimate of drug-likeness (QED) is 0.667. The third-order valence-corrected chi connectivity index (χ3v) is 5.74. The number of hydrogen-bond donors (Lipinski definition) is 1. The summed E-state index contributed by atoms with van der Waals surface area (Å²) in [5.74, 6) is 1.44. The molecule has 2 atom stereocenters. The van der Waals surface area contributed by atoms with Crippen molar-refractivity contribution >= 4 is 34.3 Å². The van der Waals surface area contributed by atoms with E-state index in [9.17, 15) is 0 Å². The second-order valence-electron chi connectivity index (χ2n) is 7.39. The van der Waals surface area contributed by atoms with Crippen molar-refractivity contribution in [3.8, 4) is 5.88 Å². The number of rotatable bonds is 1. The topological polar surface area (TPSA) is 91.9 Å². The van der Waals surface area contributed by atoms with Crippen LogP contribution < -0.4 is 10.1 Å². The van der Waals surface area contributed by atoms with E-state index >= 15 is 0 Å². The molecule has 0 radical (unpaired) electrons. The minimum absolute atomic E-state index is 0.281. The molecule has 2 unspecified atom stereocenters. The third kappa shape index (κ3) is 2.89. The molecule has 28 heavy (non-hydrogen) atoms. The molecule has 2 aliphatic rings. The van der Waals surface area contributed by atoms with Crippen molar-refractivity contribution in [2.45, 2.75) is 39.3 Å². The highest BCUT2D eigenvalue weighted by molar-refractivity contribution is 6.34. The molecule has 0 saturated carbocycles. The second-order valence-corrected chi connectivity index (χ2v) is 7.75. The summed E-state index contributed by atoms with van der Waals surface area (Å²) in [7, 11) is 0. The number of aryl methyl sites for hydroxylation is 1. The number of ether oxygens (including phenoxy) is 2. The van der Waals surface area contributed by atoms with Crippen molar-refractivity contribution in [1.82, 2.24) is 29.5 Å². The average molecular weight is 404 g/mol. The molecule has 0 aliphatic carbocycles. The standard InChI is InChI=1S/C18H22ClN7O2/c1-10-9-27-7-4-13(10)26-11(2)14-17(24-26)28-6-3-5-25-16-12(15(19)23-25)8-20-18(21-14)22-16/h8,10,13H,3-7,9H2,1-2H3,(H,20,21,22). The van der Waals surface area contributed by atoms with E-state index in [1.54, 1.807) is 10.9 Å². The lowest BCUT2D eigenvalue weighted by Gasteiger charge is -2.29. The van der Waals surface area contributed by atoms with Crippen molar-refractivity contribution in [3.05, 3.63) is 17.0 Å². The van der Waals surface area contributed by atoms with Crippen LogP contribution in [0.4, 0.5) is 11.6 Å². The first-order valence-corrected chi connectivity index (χ1v) is 9.95. The molecule has 148 valence electrons. The molecule has 0 amide bonds. The third-order valence-electron chi connectivity index (χ3n) is 5.46. The smallest absolute Gasteiger partial charge is 0.257 e. The first kappa shape index (κ1) is 17.7. The lowest BCUT2D eigenvalue weighted by molar-refractivity contribution is 0.0240. The predicted octanol–water partition coefficient (Wildman–Crippen LogP) is 3.11. The van der Waals surface area contributed by atoms with Crippen molar-refractivity contribution in [1.29, 1.82) is 0 Å². The molecule has 3 aromatic rings. The number of nitrogens with zero attached hydrogens (tertiary/aromatic N) is 6. The zero-order valence-electron chi connectivity index (χ0n) is 15.9. The Morgan fingerprint density at radius 1 is 1.29 bits per heavy atom. The molecule has 3 aromatic heterocycles. The molecule has 5 heterocycles. The van der Waals surface area contributed by atoms with E-state index in [2.05, 4.69) is 32.0 Å². The monoisotopic (exact) mass is 403 g/mol. The van der Waals surface area contributed by atoms with Crippen LogP contribution in [-0.4, -0.2) is 49.3 Å². The van der Waals surface area contributed by atoms with Gasteiger partial charge in [-0.05, 0) is 13.3 Å². The molecule has 0 spiro atoms. The van der Waals surface area contributed by atoms with Crippen molar-refractivity contribution in [2.24, 2.45) is 5.92 Å². The molecule has 5 rings (SSSR count). The van der Waals surface area contributed by atoms with E-state index in [0.29, 0.717) is 41.7 Å². The number of aromatic nitrogens is 6. The lowest BCUT2D eigenvalue weighted by Crippen LogP contribution is -2.29. The van der Waals surface area contributed by atoms with Gasteiger partial charge in [0, 0.05) is 31.7 Å². The molecular weight excluding hydrogens is 382 g/mol. The fourth-order valence-electron chi connectivity index (χ4n) is 3.93. The molecule has 1 saturated heterocycles. The van der Waals surface area contributed by atoms with Gasteiger partial charge in [0.2, 0.25) is 5.95 Å². The van der Waals surface area contributed by atoms with Gasteiger partial charge in [-0.1, -0.05) is 18.5 Å². The minimum atomic E-state index is 0.281. The molecular formula is C18H22ClN7O2. The van der Waals surface area contributed by atoms with Gasteiger partial charge >= 0.3 is 0 Å². The van der Waals surface area contributed by atoms with Gasteiger partial charge in [-0.25, -0.2) is 9.67 Å². The van der Waals surface area contributed by atoms with E-state index in [0.717, 1.165) is 42.8 Å². The number of halogens is 1. The Labute approximate surface area is 167 Å². The van der Waals surface area contributed by atoms with Gasteiger partial charge in [-0.15, -0.1) is 5.10 Å². The van der Waals surface area contributed by atoms with E-state index in [1.807, 2.05) is 6.92 Å². The normalized spacial score (nSPS) is 22.4. The van der Waals surface area contributed by atoms with Gasteiger partial charge in [0.25, 0.3) is 5.88 Å². The average Bonchev–Trinajstić information content (AvgIpc) is 3.16. The van der Waals surface area contributed by atoms with Crippen LogP contribution in [-0.2, 0) is 11.3 Å². The highest BCUT2D eigenvalue weighted by Crippen LogP contribution is 2.36. The highest BCUT2D eigenvalue weighted by Gasteiger charge is 2.29. The first-order valence-electron chi connectivity index (χ1n) is 9.57. The molecule has 9 nitrogen and oxygen atoms in total. The molecule has 1 fully saturated rings. The van der Waals surface area contributed by atoms with Crippen LogP contribution in [0.1, 0.15) is 31.5 Å². The number of anilines is 2. The summed E-state index contributed by atoms with van der Waals surface area (Å²) in [5, 5.41) is 13.6. The summed E-state index contributed by atoms with van der Waals surface area (Å²) in [4.78, 5) is 9.05. The zero-order chi connectivity index (χ0) is 19.3. The summed E-state index contributed by atoms with van der Waals surface area (Å²) in [6.07, 6.45) is 3.41. The second kappa shape index (κ2) is 6.89. The van der Waals surface area contributed by atoms with Crippen molar-refractivity contribution < 1.29 is 9.47 Å². The van der Waals surface area contributed by atoms with Gasteiger partial charge < -0.3 is 14.8 Å². The predicted molar refractivity (Wildman–Crippen MR) is 104 cm³/mol. The summed E-state index contributed by atoms with van der Waals surface area (Å²) in [6, 6.07) is 0.281.